The number of thioether (sulfide) groups is 1. The summed E-state index contributed by atoms with van der Waals surface area (Å²) >= 11 is 6.53. The maximum absolute atomic E-state index is 12.7. The number of thiocarbonyl (C=S) groups is 1. The highest BCUT2D eigenvalue weighted by molar-refractivity contribution is 8.27. The van der Waals surface area contributed by atoms with Gasteiger partial charge in [0.2, 0.25) is 0 Å². The molecule has 8 heteroatoms. The van der Waals surface area contributed by atoms with Crippen LogP contribution >= 0.6 is 24.0 Å². The average Bonchev–Trinajstić information content (AvgIpc) is 2.99. The van der Waals surface area contributed by atoms with Crippen molar-refractivity contribution in [2.45, 2.75) is 13.8 Å². The molecule has 0 radical (unpaired) electrons. The van der Waals surface area contributed by atoms with E-state index in [4.69, 9.17) is 12.2 Å². The van der Waals surface area contributed by atoms with Crippen molar-refractivity contribution in [1.29, 1.82) is 0 Å². The summed E-state index contributed by atoms with van der Waals surface area (Å²) in [6.45, 7) is 3.80. The predicted octanol–water partition coefficient (Wildman–Crippen LogP) is 3.55. The molecule has 0 saturated carbocycles. The van der Waals surface area contributed by atoms with Crippen molar-refractivity contribution in [3.8, 4) is 0 Å². The largest absolute Gasteiger partial charge is 0.285 e. The zero-order chi connectivity index (χ0) is 17.4. The molecule has 122 valence electrons. The molecule has 1 aliphatic heterocycles. The molecule has 3 rings (SSSR count). The maximum atomic E-state index is 12.7. The summed E-state index contributed by atoms with van der Waals surface area (Å²) in [4.78, 5) is 23.6. The Morgan fingerprint density at radius 1 is 1.21 bits per heavy atom. The minimum Gasteiger partial charge on any atom is -0.266 e. The first-order valence-electron chi connectivity index (χ1n) is 7.06. The van der Waals surface area contributed by atoms with E-state index in [0.717, 1.165) is 11.4 Å². The van der Waals surface area contributed by atoms with Crippen molar-refractivity contribution in [2.75, 3.05) is 5.01 Å². The molecule has 1 amide bonds. The van der Waals surface area contributed by atoms with Gasteiger partial charge in [-0.15, -0.1) is 0 Å². The number of carbonyl (C=O) groups is 1. The first-order valence-corrected chi connectivity index (χ1v) is 8.28. The molecule has 2 heterocycles. The zero-order valence-corrected chi connectivity index (χ0v) is 14.6. The van der Waals surface area contributed by atoms with Gasteiger partial charge in [0, 0.05) is 23.5 Å². The molecule has 6 nitrogen and oxygen atoms in total. The lowest BCUT2D eigenvalue weighted by Crippen LogP contribution is -2.39. The highest BCUT2D eigenvalue weighted by Gasteiger charge is 2.34. The van der Waals surface area contributed by atoms with Crippen molar-refractivity contribution < 1.29 is 9.72 Å². The Balaban J connectivity index is 1.97. The third kappa shape index (κ3) is 2.85. The molecule has 1 saturated heterocycles. The predicted molar refractivity (Wildman–Crippen MR) is 98.4 cm³/mol. The number of hydrogen-bond donors (Lipinski definition) is 0. The molecule has 0 spiro atoms. The molecule has 0 unspecified atom stereocenters. The van der Waals surface area contributed by atoms with E-state index < -0.39 is 4.92 Å². The number of hydrogen-bond acceptors (Lipinski definition) is 5. The topological polar surface area (TPSA) is 68.4 Å². The number of aryl methyl sites for hydroxylation is 2. The SMILES string of the molecule is Cc1ccc(C)n1N1C(=O)/C(=C\c2cccc([N+](=O)[O-])c2)SC1=S. The van der Waals surface area contributed by atoms with Crippen LogP contribution in [0.2, 0.25) is 0 Å². The Labute approximate surface area is 147 Å². The van der Waals surface area contributed by atoms with E-state index in [9.17, 15) is 14.9 Å². The van der Waals surface area contributed by atoms with E-state index in [1.54, 1.807) is 22.9 Å². The average molecular weight is 359 g/mol. The van der Waals surface area contributed by atoms with E-state index in [0.29, 0.717) is 14.8 Å². The number of nitro groups is 1. The third-order valence-corrected chi connectivity index (χ3v) is 4.87. The van der Waals surface area contributed by atoms with Gasteiger partial charge in [-0.05, 0) is 49.8 Å². The molecule has 1 fully saturated rings. The molecule has 1 aromatic heterocycles. The maximum Gasteiger partial charge on any atom is 0.285 e. The number of aromatic nitrogens is 1. The van der Waals surface area contributed by atoms with Gasteiger partial charge in [-0.1, -0.05) is 23.9 Å². The van der Waals surface area contributed by atoms with Gasteiger partial charge in [0.25, 0.3) is 11.6 Å². The highest BCUT2D eigenvalue weighted by Crippen LogP contribution is 2.33. The third-order valence-electron chi connectivity index (χ3n) is 3.59. The van der Waals surface area contributed by atoms with Gasteiger partial charge in [-0.3, -0.25) is 19.6 Å². The number of amides is 1. The molecule has 1 aromatic carbocycles. The van der Waals surface area contributed by atoms with Crippen LogP contribution in [-0.2, 0) is 4.79 Å². The van der Waals surface area contributed by atoms with Crippen LogP contribution < -0.4 is 5.01 Å². The molecule has 0 bridgehead atoms. The smallest absolute Gasteiger partial charge is 0.266 e. The van der Waals surface area contributed by atoms with Crippen molar-refractivity contribution in [3.63, 3.8) is 0 Å². The molecular weight excluding hydrogens is 346 g/mol. The summed E-state index contributed by atoms with van der Waals surface area (Å²) in [7, 11) is 0. The number of nitrogens with zero attached hydrogens (tertiary/aromatic N) is 3. The van der Waals surface area contributed by atoms with Gasteiger partial charge in [0.15, 0.2) is 4.32 Å². The first kappa shape index (κ1) is 16.4. The van der Waals surface area contributed by atoms with Crippen LogP contribution in [0.5, 0.6) is 0 Å². The van der Waals surface area contributed by atoms with Gasteiger partial charge in [0.1, 0.15) is 0 Å². The Kier molecular flexibility index (Phi) is 4.25. The van der Waals surface area contributed by atoms with Gasteiger partial charge in [-0.25, -0.2) is 0 Å². The molecule has 0 aliphatic carbocycles. The number of rotatable bonds is 3. The van der Waals surface area contributed by atoms with Crippen LogP contribution in [0.3, 0.4) is 0 Å². The van der Waals surface area contributed by atoms with Crippen LogP contribution in [0.25, 0.3) is 6.08 Å². The second-order valence-electron chi connectivity index (χ2n) is 5.27. The van der Waals surface area contributed by atoms with E-state index in [2.05, 4.69) is 0 Å². The van der Waals surface area contributed by atoms with Crippen LogP contribution in [0.1, 0.15) is 17.0 Å². The van der Waals surface area contributed by atoms with Crippen LogP contribution in [-0.4, -0.2) is 19.8 Å². The van der Waals surface area contributed by atoms with Gasteiger partial charge < -0.3 is 0 Å². The zero-order valence-electron chi connectivity index (χ0n) is 12.9. The van der Waals surface area contributed by atoms with E-state index in [1.807, 2.05) is 26.0 Å². The normalized spacial score (nSPS) is 16.2. The fourth-order valence-corrected chi connectivity index (χ4v) is 3.73. The lowest BCUT2D eigenvalue weighted by Gasteiger charge is -2.20. The number of benzene rings is 1. The molecular formula is C16H13N3O3S2. The fourth-order valence-electron chi connectivity index (χ4n) is 2.49. The van der Waals surface area contributed by atoms with Crippen LogP contribution in [0.4, 0.5) is 5.69 Å². The van der Waals surface area contributed by atoms with Crippen molar-refractivity contribution in [2.24, 2.45) is 0 Å². The van der Waals surface area contributed by atoms with Crippen LogP contribution in [0.15, 0.2) is 41.3 Å². The van der Waals surface area contributed by atoms with E-state index >= 15 is 0 Å². The number of non-ortho nitro benzene ring substituents is 1. The molecule has 2 aromatic rings. The summed E-state index contributed by atoms with van der Waals surface area (Å²) in [6, 6.07) is 9.97. The molecule has 24 heavy (non-hydrogen) atoms. The van der Waals surface area contributed by atoms with Crippen molar-refractivity contribution in [3.05, 3.63) is 68.4 Å². The molecule has 1 aliphatic rings. The summed E-state index contributed by atoms with van der Waals surface area (Å²) in [5.74, 6) is -0.237. The van der Waals surface area contributed by atoms with Gasteiger partial charge >= 0.3 is 0 Å². The second kappa shape index (κ2) is 6.21. The van der Waals surface area contributed by atoms with Crippen LogP contribution in [0, 0.1) is 24.0 Å². The Bertz CT molecular complexity index is 882. The highest BCUT2D eigenvalue weighted by atomic mass is 32.2. The molecule has 0 N–H and O–H groups in total. The standard InChI is InChI=1S/C16H13N3O3S2/c1-10-6-7-11(2)17(10)18-15(20)14(24-16(18)23)9-12-4-3-5-13(8-12)19(21)22/h3-9H,1-2H3/b14-9+. The van der Waals surface area contributed by atoms with Gasteiger partial charge in [-0.2, -0.15) is 5.01 Å². The summed E-state index contributed by atoms with van der Waals surface area (Å²) < 4.78 is 2.20. The Morgan fingerprint density at radius 3 is 2.50 bits per heavy atom. The lowest BCUT2D eigenvalue weighted by molar-refractivity contribution is -0.384. The van der Waals surface area contributed by atoms with Crippen molar-refractivity contribution in [1.82, 2.24) is 4.68 Å². The molecule has 0 atom stereocenters. The summed E-state index contributed by atoms with van der Waals surface area (Å²) in [5, 5.41) is 12.3. The quantitative estimate of drug-likeness (QED) is 0.363. The first-order chi connectivity index (χ1) is 11.4. The van der Waals surface area contributed by atoms with E-state index in [1.165, 1.54) is 28.9 Å². The minimum atomic E-state index is -0.463. The summed E-state index contributed by atoms with van der Waals surface area (Å²) in [6.07, 6.45) is 1.63. The minimum absolute atomic E-state index is 0.0173. The lowest BCUT2D eigenvalue weighted by atomic mass is 10.2. The number of carbonyl (C=O) groups excluding carboxylic acids is 1. The summed E-state index contributed by atoms with van der Waals surface area (Å²) in [5.41, 5.74) is 2.38. The Hall–Kier alpha value is -2.45. The monoisotopic (exact) mass is 359 g/mol. The second-order valence-corrected chi connectivity index (χ2v) is 6.95. The fraction of sp³-hybridized carbons (Fsp3) is 0.125. The van der Waals surface area contributed by atoms with Gasteiger partial charge in [0.05, 0.1) is 9.83 Å². The van der Waals surface area contributed by atoms with E-state index in [-0.39, 0.29) is 11.6 Å². The number of nitro benzene ring substituents is 1. The van der Waals surface area contributed by atoms with Crippen molar-refractivity contribution >= 4 is 46.0 Å². The Morgan fingerprint density at radius 2 is 1.88 bits per heavy atom.